The summed E-state index contributed by atoms with van der Waals surface area (Å²) in [6, 6.07) is 5.38. The number of nitrogens with one attached hydrogen (secondary N) is 1. The summed E-state index contributed by atoms with van der Waals surface area (Å²) in [5.41, 5.74) is -0.609. The largest absolute Gasteiger partial charge is 0.444 e. The average molecular weight is 390 g/mol. The molecule has 1 amide bonds. The quantitative estimate of drug-likeness (QED) is 0.426. The van der Waals surface area contributed by atoms with Gasteiger partial charge in [-0.1, -0.05) is 32.1 Å². The smallest absolute Gasteiger partial charge is 0.408 e. The molecule has 0 saturated heterocycles. The zero-order valence-electron chi connectivity index (χ0n) is 16.8. The molecule has 1 heterocycles. The van der Waals surface area contributed by atoms with E-state index in [2.05, 4.69) is 22.1 Å². The number of benzene rings is 1. The van der Waals surface area contributed by atoms with Crippen LogP contribution < -0.4 is 5.32 Å². The minimum Gasteiger partial charge on any atom is -0.444 e. The van der Waals surface area contributed by atoms with Gasteiger partial charge in [-0.15, -0.1) is 16.8 Å². The van der Waals surface area contributed by atoms with Crippen molar-refractivity contribution in [2.24, 2.45) is 0 Å². The van der Waals surface area contributed by atoms with E-state index < -0.39 is 22.7 Å². The fourth-order valence-electron chi connectivity index (χ4n) is 2.14. The molecule has 0 aliphatic heterocycles. The van der Waals surface area contributed by atoms with Crippen LogP contribution in [0.5, 0.6) is 0 Å². The number of hydrogen-bond donors (Lipinski definition) is 1. The number of ether oxygens (including phenoxy) is 1. The van der Waals surface area contributed by atoms with E-state index in [4.69, 9.17) is 9.15 Å². The molecule has 152 valence electrons. The second-order valence-corrected chi connectivity index (χ2v) is 6.44. The van der Waals surface area contributed by atoms with Crippen LogP contribution >= 0.6 is 0 Å². The topological polar surface area (TPSA) is 120 Å². The zero-order valence-corrected chi connectivity index (χ0v) is 16.8. The number of amides is 1. The number of aromatic nitrogens is 2. The van der Waals surface area contributed by atoms with E-state index in [1.165, 1.54) is 12.1 Å². The third-order valence-electron chi connectivity index (χ3n) is 3.16. The van der Waals surface area contributed by atoms with Crippen molar-refractivity contribution >= 4 is 11.8 Å². The highest BCUT2D eigenvalue weighted by Crippen LogP contribution is 2.30. The molecule has 0 fully saturated rings. The first-order valence-electron chi connectivity index (χ1n) is 8.89. The molecule has 1 N–H and O–H groups in total. The molecule has 0 spiro atoms. The van der Waals surface area contributed by atoms with E-state index in [9.17, 15) is 14.9 Å². The Balaban J connectivity index is 0.00000190. The number of carbonyl (C=O) groups excluding carboxylic acids is 1. The fraction of sp³-hybridized carbons (Fsp3) is 0.421. The second-order valence-electron chi connectivity index (χ2n) is 6.44. The first-order valence-corrected chi connectivity index (χ1v) is 8.89. The molecule has 9 nitrogen and oxygen atoms in total. The summed E-state index contributed by atoms with van der Waals surface area (Å²) in [5, 5.41) is 21.5. The first-order chi connectivity index (χ1) is 13.2. The van der Waals surface area contributed by atoms with Crippen molar-refractivity contribution in [2.75, 3.05) is 0 Å². The van der Waals surface area contributed by atoms with Gasteiger partial charge >= 0.3 is 6.09 Å². The lowest BCUT2D eigenvalue weighted by atomic mass is 10.2. The summed E-state index contributed by atoms with van der Waals surface area (Å²) in [6.07, 6.45) is 1.25. The van der Waals surface area contributed by atoms with Crippen LogP contribution in [0.1, 0.15) is 53.0 Å². The van der Waals surface area contributed by atoms with Crippen LogP contribution in [0, 0.1) is 10.1 Å². The van der Waals surface area contributed by atoms with Gasteiger partial charge in [-0.2, -0.15) is 0 Å². The first kappa shape index (κ1) is 22.8. The molecule has 0 aliphatic rings. The maximum Gasteiger partial charge on any atom is 0.408 e. The molecule has 28 heavy (non-hydrogen) atoms. The SMILES string of the molecule is C=CCC(NC(=O)OC(C)(C)C)c1nnc(-c2ccccc2[N+](=O)[O-])o1.CC. The van der Waals surface area contributed by atoms with Crippen LogP contribution in [0.15, 0.2) is 41.3 Å². The maximum atomic E-state index is 12.0. The van der Waals surface area contributed by atoms with Gasteiger partial charge in [0.1, 0.15) is 17.2 Å². The molecular formula is C19H26N4O5. The van der Waals surface area contributed by atoms with Crippen molar-refractivity contribution in [3.63, 3.8) is 0 Å². The van der Waals surface area contributed by atoms with E-state index in [-0.39, 0.29) is 23.0 Å². The molecule has 2 aromatic rings. The monoisotopic (exact) mass is 390 g/mol. The normalized spacial score (nSPS) is 11.6. The predicted octanol–water partition coefficient (Wildman–Crippen LogP) is 4.81. The van der Waals surface area contributed by atoms with Crippen molar-refractivity contribution in [3.05, 3.63) is 52.9 Å². The van der Waals surface area contributed by atoms with Crippen LogP contribution in [-0.4, -0.2) is 26.8 Å². The number of para-hydroxylation sites is 1. The van der Waals surface area contributed by atoms with Crippen LogP contribution in [-0.2, 0) is 4.74 Å². The number of carbonyl (C=O) groups is 1. The van der Waals surface area contributed by atoms with Crippen molar-refractivity contribution in [3.8, 4) is 11.5 Å². The lowest BCUT2D eigenvalue weighted by Crippen LogP contribution is -2.35. The number of hydrogen-bond acceptors (Lipinski definition) is 7. The number of nitrogens with zero attached hydrogens (tertiary/aromatic N) is 3. The fourth-order valence-corrected chi connectivity index (χ4v) is 2.14. The molecule has 1 aromatic carbocycles. The standard InChI is InChI=1S/C17H20N4O5.C2H6/c1-5-8-12(18-16(22)26-17(2,3)4)15-20-19-14(25-15)11-9-6-7-10-13(11)21(23)24;1-2/h5-7,9-10,12H,1,8H2,2-4H3,(H,18,22);1-2H3. The third-order valence-corrected chi connectivity index (χ3v) is 3.16. The van der Waals surface area contributed by atoms with Crippen molar-refractivity contribution in [1.29, 1.82) is 0 Å². The Labute approximate surface area is 163 Å². The lowest BCUT2D eigenvalue weighted by molar-refractivity contribution is -0.384. The molecule has 1 unspecified atom stereocenters. The van der Waals surface area contributed by atoms with Crippen LogP contribution in [0.25, 0.3) is 11.5 Å². The molecule has 0 aliphatic carbocycles. The molecule has 0 saturated carbocycles. The zero-order chi connectivity index (χ0) is 21.3. The highest BCUT2D eigenvalue weighted by molar-refractivity contribution is 5.68. The van der Waals surface area contributed by atoms with Gasteiger partial charge in [0.2, 0.25) is 5.89 Å². The Morgan fingerprint density at radius 3 is 2.57 bits per heavy atom. The van der Waals surface area contributed by atoms with E-state index >= 15 is 0 Å². The molecule has 2 rings (SSSR count). The van der Waals surface area contributed by atoms with E-state index in [1.54, 1.807) is 39.0 Å². The van der Waals surface area contributed by atoms with Gasteiger partial charge in [0, 0.05) is 6.07 Å². The number of nitro groups is 1. The predicted molar refractivity (Wildman–Crippen MR) is 105 cm³/mol. The molecule has 0 radical (unpaired) electrons. The average Bonchev–Trinajstić information content (AvgIpc) is 3.11. The maximum absolute atomic E-state index is 12.0. The molecule has 9 heteroatoms. The van der Waals surface area contributed by atoms with Gasteiger partial charge in [0.25, 0.3) is 11.6 Å². The molecule has 0 bridgehead atoms. The number of rotatable bonds is 6. The number of alkyl carbamates (subject to hydrolysis) is 1. The van der Waals surface area contributed by atoms with E-state index in [0.717, 1.165) is 0 Å². The van der Waals surface area contributed by atoms with Gasteiger partial charge in [0.05, 0.1) is 4.92 Å². The second kappa shape index (κ2) is 10.2. The van der Waals surface area contributed by atoms with Gasteiger partial charge in [0.15, 0.2) is 0 Å². The van der Waals surface area contributed by atoms with E-state index in [1.807, 2.05) is 13.8 Å². The van der Waals surface area contributed by atoms with Gasteiger partial charge in [-0.05, 0) is 33.3 Å². The van der Waals surface area contributed by atoms with Gasteiger partial charge < -0.3 is 14.5 Å². The van der Waals surface area contributed by atoms with Crippen molar-refractivity contribution in [2.45, 2.75) is 52.7 Å². The van der Waals surface area contributed by atoms with Crippen LogP contribution in [0.4, 0.5) is 10.5 Å². The Bertz CT molecular complexity index is 811. The van der Waals surface area contributed by atoms with Crippen LogP contribution in [0.2, 0.25) is 0 Å². The Hall–Kier alpha value is -3.23. The van der Waals surface area contributed by atoms with Crippen molar-refractivity contribution in [1.82, 2.24) is 15.5 Å². The number of nitro benzene ring substituents is 1. The minimum absolute atomic E-state index is 0.00708. The lowest BCUT2D eigenvalue weighted by Gasteiger charge is -2.21. The Kier molecular flexibility index (Phi) is 8.30. The minimum atomic E-state index is -0.661. The molecular weight excluding hydrogens is 364 g/mol. The summed E-state index contributed by atoms with van der Waals surface area (Å²) >= 11 is 0. The molecule has 1 atom stereocenters. The summed E-state index contributed by atoms with van der Waals surface area (Å²) in [6.45, 7) is 12.9. The van der Waals surface area contributed by atoms with Gasteiger partial charge in [-0.3, -0.25) is 10.1 Å². The Morgan fingerprint density at radius 2 is 2.00 bits per heavy atom. The highest BCUT2D eigenvalue weighted by Gasteiger charge is 2.25. The van der Waals surface area contributed by atoms with Crippen molar-refractivity contribution < 1.29 is 18.9 Å². The molecule has 1 aromatic heterocycles. The summed E-state index contributed by atoms with van der Waals surface area (Å²) in [7, 11) is 0. The summed E-state index contributed by atoms with van der Waals surface area (Å²) < 4.78 is 10.8. The highest BCUT2D eigenvalue weighted by atomic mass is 16.6. The van der Waals surface area contributed by atoms with E-state index in [0.29, 0.717) is 6.42 Å². The third kappa shape index (κ3) is 6.49. The van der Waals surface area contributed by atoms with Crippen LogP contribution in [0.3, 0.4) is 0 Å². The van der Waals surface area contributed by atoms with Gasteiger partial charge in [-0.25, -0.2) is 4.79 Å². The Morgan fingerprint density at radius 1 is 1.36 bits per heavy atom. The summed E-state index contributed by atoms with van der Waals surface area (Å²) in [5.74, 6) is 0.0938. The summed E-state index contributed by atoms with van der Waals surface area (Å²) in [4.78, 5) is 22.6.